The van der Waals surface area contributed by atoms with Crippen LogP contribution < -0.4 is 5.32 Å². The Labute approximate surface area is 143 Å². The maximum atomic E-state index is 12.6. The lowest BCUT2D eigenvalue weighted by atomic mass is 9.99. The van der Waals surface area contributed by atoms with E-state index in [-0.39, 0.29) is 5.91 Å². The lowest BCUT2D eigenvalue weighted by Gasteiger charge is -2.10. The molecule has 0 aliphatic carbocycles. The number of carbonyl (C=O) groups excluding carboxylic acids is 1. The fraction of sp³-hybridized carbons (Fsp3) is 0.136. The van der Waals surface area contributed by atoms with E-state index in [1.165, 1.54) is 11.1 Å². The number of rotatable bonds is 5. The van der Waals surface area contributed by atoms with Crippen molar-refractivity contribution in [1.82, 2.24) is 0 Å². The molecule has 3 rings (SSSR count). The van der Waals surface area contributed by atoms with E-state index in [9.17, 15) is 4.79 Å². The Balaban J connectivity index is 1.73. The highest BCUT2D eigenvalue weighted by atomic mass is 16.1. The van der Waals surface area contributed by atoms with Crippen LogP contribution in [0.1, 0.15) is 27.0 Å². The summed E-state index contributed by atoms with van der Waals surface area (Å²) in [6, 6.07) is 26.0. The first kappa shape index (κ1) is 16.0. The van der Waals surface area contributed by atoms with Gasteiger partial charge in [-0.2, -0.15) is 0 Å². The van der Waals surface area contributed by atoms with Gasteiger partial charge in [0.1, 0.15) is 0 Å². The number of carbonyl (C=O) groups is 1. The topological polar surface area (TPSA) is 29.1 Å². The standard InChI is InChI=1S/C22H21NO/c1-17-11-15-20(16-12-17)23-22(24)21-10-6-5-9-19(21)14-13-18-7-3-2-4-8-18/h2-12,15-16H,13-14H2,1H3,(H,23,24). The molecule has 0 aliphatic heterocycles. The summed E-state index contributed by atoms with van der Waals surface area (Å²) < 4.78 is 0. The largest absolute Gasteiger partial charge is 0.322 e. The molecule has 1 amide bonds. The number of nitrogens with one attached hydrogen (secondary N) is 1. The summed E-state index contributed by atoms with van der Waals surface area (Å²) in [5, 5.41) is 2.99. The number of aryl methyl sites for hydroxylation is 3. The van der Waals surface area contributed by atoms with Crippen molar-refractivity contribution in [2.45, 2.75) is 19.8 Å². The predicted molar refractivity (Wildman–Crippen MR) is 99.4 cm³/mol. The summed E-state index contributed by atoms with van der Waals surface area (Å²) in [6.07, 6.45) is 1.77. The molecule has 0 bridgehead atoms. The second-order valence-electron chi connectivity index (χ2n) is 5.96. The van der Waals surface area contributed by atoms with Crippen LogP contribution in [0.5, 0.6) is 0 Å². The quantitative estimate of drug-likeness (QED) is 0.702. The molecule has 2 heteroatoms. The van der Waals surface area contributed by atoms with Gasteiger partial charge in [-0.15, -0.1) is 0 Å². The van der Waals surface area contributed by atoms with E-state index >= 15 is 0 Å². The van der Waals surface area contributed by atoms with Crippen LogP contribution in [0.3, 0.4) is 0 Å². The third-order valence-corrected chi connectivity index (χ3v) is 4.10. The molecule has 3 aromatic carbocycles. The average Bonchev–Trinajstić information content (AvgIpc) is 2.63. The Morgan fingerprint density at radius 2 is 1.46 bits per heavy atom. The van der Waals surface area contributed by atoms with Crippen molar-refractivity contribution in [3.05, 3.63) is 101 Å². The first-order valence-electron chi connectivity index (χ1n) is 8.22. The van der Waals surface area contributed by atoms with Crippen molar-refractivity contribution in [1.29, 1.82) is 0 Å². The Kier molecular flexibility index (Phi) is 5.07. The molecule has 3 aromatic rings. The fourth-order valence-electron chi connectivity index (χ4n) is 2.72. The zero-order valence-electron chi connectivity index (χ0n) is 13.8. The fourth-order valence-corrected chi connectivity index (χ4v) is 2.72. The van der Waals surface area contributed by atoms with Crippen molar-refractivity contribution >= 4 is 11.6 Å². The summed E-state index contributed by atoms with van der Waals surface area (Å²) in [7, 11) is 0. The summed E-state index contributed by atoms with van der Waals surface area (Å²) in [5.74, 6) is -0.0532. The molecule has 0 atom stereocenters. The van der Waals surface area contributed by atoms with Crippen LogP contribution in [0, 0.1) is 6.92 Å². The van der Waals surface area contributed by atoms with Crippen molar-refractivity contribution < 1.29 is 4.79 Å². The van der Waals surface area contributed by atoms with Gasteiger partial charge in [0.15, 0.2) is 0 Å². The minimum Gasteiger partial charge on any atom is -0.322 e. The molecule has 120 valence electrons. The molecular formula is C22H21NO. The molecule has 0 saturated carbocycles. The molecule has 0 spiro atoms. The van der Waals surface area contributed by atoms with Gasteiger partial charge in [-0.05, 0) is 49.1 Å². The summed E-state index contributed by atoms with van der Waals surface area (Å²) in [5.41, 5.74) is 5.10. The molecule has 0 saturated heterocycles. The highest BCUT2D eigenvalue weighted by Crippen LogP contribution is 2.16. The highest BCUT2D eigenvalue weighted by molar-refractivity contribution is 6.05. The second-order valence-corrected chi connectivity index (χ2v) is 5.96. The van der Waals surface area contributed by atoms with Gasteiger partial charge in [-0.25, -0.2) is 0 Å². The van der Waals surface area contributed by atoms with Gasteiger partial charge in [0.2, 0.25) is 0 Å². The molecule has 0 aliphatic rings. The van der Waals surface area contributed by atoms with Gasteiger partial charge < -0.3 is 5.32 Å². The Bertz CT molecular complexity index is 807. The minimum atomic E-state index is -0.0532. The smallest absolute Gasteiger partial charge is 0.255 e. The van der Waals surface area contributed by atoms with Crippen LogP contribution >= 0.6 is 0 Å². The Morgan fingerprint density at radius 3 is 2.21 bits per heavy atom. The van der Waals surface area contributed by atoms with Gasteiger partial charge in [-0.1, -0.05) is 66.2 Å². The Hall–Kier alpha value is -2.87. The maximum absolute atomic E-state index is 12.6. The number of anilines is 1. The van der Waals surface area contributed by atoms with Crippen LogP contribution in [0.2, 0.25) is 0 Å². The number of amides is 1. The first-order valence-corrected chi connectivity index (χ1v) is 8.22. The number of benzene rings is 3. The highest BCUT2D eigenvalue weighted by Gasteiger charge is 2.11. The van der Waals surface area contributed by atoms with Crippen LogP contribution in [-0.4, -0.2) is 5.91 Å². The normalized spacial score (nSPS) is 10.4. The maximum Gasteiger partial charge on any atom is 0.255 e. The van der Waals surface area contributed by atoms with E-state index in [0.717, 1.165) is 29.7 Å². The molecule has 0 unspecified atom stereocenters. The molecule has 24 heavy (non-hydrogen) atoms. The van der Waals surface area contributed by atoms with E-state index in [1.54, 1.807) is 0 Å². The summed E-state index contributed by atoms with van der Waals surface area (Å²) in [6.45, 7) is 2.03. The summed E-state index contributed by atoms with van der Waals surface area (Å²) >= 11 is 0. The van der Waals surface area contributed by atoms with Crippen molar-refractivity contribution in [3.8, 4) is 0 Å². The van der Waals surface area contributed by atoms with Crippen molar-refractivity contribution in [3.63, 3.8) is 0 Å². The average molecular weight is 315 g/mol. The van der Waals surface area contributed by atoms with E-state index in [0.29, 0.717) is 0 Å². The summed E-state index contributed by atoms with van der Waals surface area (Å²) in [4.78, 5) is 12.6. The molecule has 0 aromatic heterocycles. The lowest BCUT2D eigenvalue weighted by Crippen LogP contribution is -2.14. The van der Waals surface area contributed by atoms with Gasteiger partial charge in [0, 0.05) is 11.3 Å². The molecule has 0 fully saturated rings. The van der Waals surface area contributed by atoms with Gasteiger partial charge >= 0.3 is 0 Å². The van der Waals surface area contributed by atoms with Crippen molar-refractivity contribution in [2.75, 3.05) is 5.32 Å². The molecular weight excluding hydrogens is 294 g/mol. The number of hydrogen-bond acceptors (Lipinski definition) is 1. The van der Waals surface area contributed by atoms with Crippen molar-refractivity contribution in [2.24, 2.45) is 0 Å². The first-order chi connectivity index (χ1) is 11.7. The zero-order chi connectivity index (χ0) is 16.8. The Morgan fingerprint density at radius 1 is 0.792 bits per heavy atom. The van der Waals surface area contributed by atoms with E-state index in [1.807, 2.05) is 73.7 Å². The minimum absolute atomic E-state index is 0.0532. The van der Waals surface area contributed by atoms with Crippen LogP contribution in [0.15, 0.2) is 78.9 Å². The van der Waals surface area contributed by atoms with E-state index in [2.05, 4.69) is 17.4 Å². The lowest BCUT2D eigenvalue weighted by molar-refractivity contribution is 0.102. The third kappa shape index (κ3) is 4.11. The van der Waals surface area contributed by atoms with Gasteiger partial charge in [0.05, 0.1) is 0 Å². The molecule has 2 nitrogen and oxygen atoms in total. The molecule has 1 N–H and O–H groups in total. The zero-order valence-corrected chi connectivity index (χ0v) is 13.8. The van der Waals surface area contributed by atoms with Crippen LogP contribution in [-0.2, 0) is 12.8 Å². The molecule has 0 radical (unpaired) electrons. The van der Waals surface area contributed by atoms with Gasteiger partial charge in [0.25, 0.3) is 5.91 Å². The third-order valence-electron chi connectivity index (χ3n) is 4.10. The predicted octanol–water partition coefficient (Wildman–Crippen LogP) is 5.03. The van der Waals surface area contributed by atoms with E-state index < -0.39 is 0 Å². The van der Waals surface area contributed by atoms with Gasteiger partial charge in [-0.3, -0.25) is 4.79 Å². The second kappa shape index (κ2) is 7.60. The van der Waals surface area contributed by atoms with Crippen LogP contribution in [0.25, 0.3) is 0 Å². The SMILES string of the molecule is Cc1ccc(NC(=O)c2ccccc2CCc2ccccc2)cc1. The molecule has 0 heterocycles. The number of hydrogen-bond donors (Lipinski definition) is 1. The van der Waals surface area contributed by atoms with E-state index in [4.69, 9.17) is 0 Å². The van der Waals surface area contributed by atoms with Crippen LogP contribution in [0.4, 0.5) is 5.69 Å². The monoisotopic (exact) mass is 315 g/mol.